The Balaban J connectivity index is 0. The van der Waals surface area contributed by atoms with E-state index in [9.17, 15) is 9.90 Å². The fraction of sp³-hybridized carbons (Fsp3) is 0.300. The molecule has 0 aliphatic rings. The molecule has 1 atom stereocenters. The maximum absolute atomic E-state index is 10.4. The number of aliphatic hydroxyl groups excluding tert-OH is 1. The van der Waals surface area contributed by atoms with Gasteiger partial charge in [0, 0.05) is 25.3 Å². The van der Waals surface area contributed by atoms with Crippen LogP contribution in [0, 0.1) is 0 Å². The molecule has 1 aromatic carbocycles. The smallest absolute Gasteiger partial charge is 0.332 e. The maximum atomic E-state index is 10.4. The van der Waals surface area contributed by atoms with Crippen LogP contribution in [-0.4, -0.2) is 58.8 Å². The molecule has 0 aliphatic carbocycles. The van der Waals surface area contributed by atoms with Gasteiger partial charge in [0.15, 0.2) is 17.6 Å². The summed E-state index contributed by atoms with van der Waals surface area (Å²) in [6.07, 6.45) is -1.47. The number of ether oxygens (including phenoxy) is 1. The van der Waals surface area contributed by atoms with E-state index in [4.69, 9.17) is 14.9 Å². The Morgan fingerprint density at radius 3 is 2.53 bits per heavy atom. The summed E-state index contributed by atoms with van der Waals surface area (Å²) in [6, 6.07) is 4.41. The van der Waals surface area contributed by atoms with Crippen molar-refractivity contribution in [3.63, 3.8) is 0 Å². The van der Waals surface area contributed by atoms with E-state index in [0.29, 0.717) is 5.56 Å². The average molecular weight is 237 g/mol. The van der Waals surface area contributed by atoms with Crippen molar-refractivity contribution in [1.29, 1.82) is 0 Å². The summed E-state index contributed by atoms with van der Waals surface area (Å²) in [5.41, 5.74) is 0.583. The molecule has 17 heavy (non-hydrogen) atoms. The molecule has 1 aromatic rings. The van der Waals surface area contributed by atoms with Crippen LogP contribution in [0.15, 0.2) is 18.2 Å². The van der Waals surface area contributed by atoms with Crippen molar-refractivity contribution in [2.45, 2.75) is 12.5 Å². The van der Waals surface area contributed by atoms with Crippen LogP contribution in [0.4, 0.5) is 0 Å². The number of aromatic hydroxyl groups is 1. The van der Waals surface area contributed by atoms with Crippen molar-refractivity contribution in [1.82, 2.24) is 0 Å². The molecular weight excluding hydrogens is 223 g/mol. The summed E-state index contributed by atoms with van der Waals surface area (Å²) in [5, 5.41) is 26.9. The fourth-order valence-corrected chi connectivity index (χ4v) is 1.16. The molecule has 6 nitrogen and oxygen atoms in total. The summed E-state index contributed by atoms with van der Waals surface area (Å²) in [5.74, 6) is -1.04. The van der Waals surface area contributed by atoms with Gasteiger partial charge >= 0.3 is 5.97 Å². The van der Waals surface area contributed by atoms with E-state index in [1.54, 1.807) is 0 Å². The second-order valence-electron chi connectivity index (χ2n) is 3.06. The van der Waals surface area contributed by atoms with Crippen LogP contribution in [0.25, 0.3) is 0 Å². The average Bonchev–Trinajstić information content (AvgIpc) is 2.20. The molecule has 0 amide bonds. The zero-order valence-electron chi connectivity index (χ0n) is 9.67. The second-order valence-corrected chi connectivity index (χ2v) is 3.06. The molecular formula is C10H14LiO6. The number of methoxy groups -OCH3 is 1. The maximum Gasteiger partial charge on any atom is 0.332 e. The normalized spacial score (nSPS) is 10.7. The second kappa shape index (κ2) is 7.98. The minimum Gasteiger partial charge on any atom is -0.504 e. The summed E-state index contributed by atoms with van der Waals surface area (Å²) < 4.78 is 4.85. The molecule has 0 spiro atoms. The number of aliphatic hydroxyl groups is 1. The van der Waals surface area contributed by atoms with Crippen LogP contribution >= 0.6 is 0 Å². The van der Waals surface area contributed by atoms with Crippen molar-refractivity contribution in [3.8, 4) is 11.5 Å². The van der Waals surface area contributed by atoms with Gasteiger partial charge in [-0.05, 0) is 17.7 Å². The van der Waals surface area contributed by atoms with Crippen molar-refractivity contribution in [2.24, 2.45) is 0 Å². The molecule has 1 radical (unpaired) electrons. The summed E-state index contributed by atoms with van der Waals surface area (Å²) in [4.78, 5) is 10.4. The van der Waals surface area contributed by atoms with Crippen LogP contribution in [0.2, 0.25) is 0 Å². The number of hydrogen-bond donors (Lipinski definition) is 3. The number of hydrogen-bond acceptors (Lipinski definition) is 4. The van der Waals surface area contributed by atoms with Crippen LogP contribution in [-0.2, 0) is 11.2 Å². The number of carboxylic acids is 1. The standard InChI is InChI=1S/C10H12O5.Li.H2O/c1-15-9-5-6(2-3-7(9)11)4-8(12)10(13)14;;/h2-3,5,8,11-12H,4H2,1H3,(H,13,14);;1H2. The summed E-state index contributed by atoms with van der Waals surface area (Å²) in [6.45, 7) is 0. The Bertz CT molecular complexity index is 368. The van der Waals surface area contributed by atoms with Gasteiger partial charge in [0.25, 0.3) is 0 Å². The molecule has 5 N–H and O–H groups in total. The molecule has 1 unspecified atom stereocenters. The van der Waals surface area contributed by atoms with Gasteiger partial charge in [-0.3, -0.25) is 0 Å². The van der Waals surface area contributed by atoms with E-state index >= 15 is 0 Å². The number of phenolic OH excluding ortho intramolecular Hbond substituents is 1. The van der Waals surface area contributed by atoms with E-state index in [0.717, 1.165) is 0 Å². The minimum atomic E-state index is -1.45. The van der Waals surface area contributed by atoms with Crippen LogP contribution < -0.4 is 4.74 Å². The summed E-state index contributed by atoms with van der Waals surface area (Å²) in [7, 11) is 1.40. The van der Waals surface area contributed by atoms with Crippen LogP contribution in [0.5, 0.6) is 11.5 Å². The Labute approximate surface area is 110 Å². The first-order valence-electron chi connectivity index (χ1n) is 4.31. The molecule has 0 saturated carbocycles. The molecule has 0 bridgehead atoms. The monoisotopic (exact) mass is 237 g/mol. The third-order valence-electron chi connectivity index (χ3n) is 1.96. The first kappa shape index (κ1) is 18.2. The van der Waals surface area contributed by atoms with E-state index in [-0.39, 0.29) is 42.3 Å². The van der Waals surface area contributed by atoms with E-state index in [2.05, 4.69) is 0 Å². The zero-order chi connectivity index (χ0) is 11.4. The third kappa shape index (κ3) is 5.11. The number of phenols is 1. The zero-order valence-corrected chi connectivity index (χ0v) is 9.67. The van der Waals surface area contributed by atoms with Gasteiger partial charge in [-0.25, -0.2) is 4.79 Å². The fourth-order valence-electron chi connectivity index (χ4n) is 1.16. The quantitative estimate of drug-likeness (QED) is 0.591. The predicted octanol–water partition coefficient (Wildman–Crippen LogP) is -0.817. The summed E-state index contributed by atoms with van der Waals surface area (Å²) >= 11 is 0. The molecule has 0 fully saturated rings. The molecule has 0 saturated heterocycles. The molecule has 0 aromatic heterocycles. The van der Waals surface area contributed by atoms with Gasteiger partial charge in [0.1, 0.15) is 0 Å². The van der Waals surface area contributed by atoms with E-state index in [1.165, 1.54) is 25.3 Å². The first-order valence-corrected chi connectivity index (χ1v) is 4.31. The number of carbonyl (C=O) groups is 1. The van der Waals surface area contributed by atoms with Gasteiger partial charge in [0.05, 0.1) is 7.11 Å². The van der Waals surface area contributed by atoms with Crippen molar-refractivity contribution in [2.75, 3.05) is 7.11 Å². The van der Waals surface area contributed by atoms with Gasteiger partial charge in [-0.15, -0.1) is 0 Å². The molecule has 91 valence electrons. The SMILES string of the molecule is COc1cc(CC(O)C(=O)O)ccc1O.O.[Li]. The van der Waals surface area contributed by atoms with Gasteiger partial charge in [-0.2, -0.15) is 0 Å². The topological polar surface area (TPSA) is 118 Å². The van der Waals surface area contributed by atoms with E-state index in [1.807, 2.05) is 0 Å². The number of carboxylic acid groups (broad SMARTS) is 1. The van der Waals surface area contributed by atoms with Crippen molar-refractivity contribution in [3.05, 3.63) is 23.8 Å². The molecule has 1 rings (SSSR count). The van der Waals surface area contributed by atoms with Gasteiger partial charge in [0.2, 0.25) is 0 Å². The van der Waals surface area contributed by atoms with E-state index < -0.39 is 12.1 Å². The Morgan fingerprint density at radius 1 is 1.47 bits per heavy atom. The molecule has 7 heteroatoms. The molecule has 0 heterocycles. The third-order valence-corrected chi connectivity index (χ3v) is 1.96. The number of benzene rings is 1. The number of rotatable bonds is 4. The van der Waals surface area contributed by atoms with Crippen LogP contribution in [0.1, 0.15) is 5.56 Å². The largest absolute Gasteiger partial charge is 0.504 e. The van der Waals surface area contributed by atoms with Gasteiger partial charge in [-0.1, -0.05) is 6.07 Å². The van der Waals surface area contributed by atoms with Crippen molar-refractivity contribution >= 4 is 24.8 Å². The predicted molar refractivity (Wildman–Crippen MR) is 61.4 cm³/mol. The Kier molecular flexibility index (Phi) is 8.53. The Morgan fingerprint density at radius 2 is 2.06 bits per heavy atom. The Hall–Kier alpha value is -1.19. The van der Waals surface area contributed by atoms with Crippen LogP contribution in [0.3, 0.4) is 0 Å². The van der Waals surface area contributed by atoms with Crippen molar-refractivity contribution < 1.29 is 30.3 Å². The van der Waals surface area contributed by atoms with Gasteiger partial charge < -0.3 is 25.5 Å². The first-order chi connectivity index (χ1) is 7.04. The minimum absolute atomic E-state index is 0. The number of aliphatic carboxylic acids is 1. The molecule has 0 aliphatic heterocycles.